The number of nitrogens with two attached hydrogens (primary N) is 1. The van der Waals surface area contributed by atoms with Gasteiger partial charge in [0.2, 0.25) is 0 Å². The molecule has 1 aromatic heterocycles. The fourth-order valence-electron chi connectivity index (χ4n) is 1.91. The summed E-state index contributed by atoms with van der Waals surface area (Å²) in [5.74, 6) is 0.680. The summed E-state index contributed by atoms with van der Waals surface area (Å²) >= 11 is 0. The number of hydrogen-bond donors (Lipinski definition) is 1. The van der Waals surface area contributed by atoms with Crippen molar-refractivity contribution in [1.29, 1.82) is 0 Å². The third-order valence-electron chi connectivity index (χ3n) is 2.82. The summed E-state index contributed by atoms with van der Waals surface area (Å²) < 4.78 is 0. The molecule has 1 heterocycles. The van der Waals surface area contributed by atoms with E-state index in [1.165, 1.54) is 5.56 Å². The van der Waals surface area contributed by atoms with E-state index in [1.54, 1.807) is 0 Å². The van der Waals surface area contributed by atoms with Crippen LogP contribution in [-0.4, -0.2) is 10.2 Å². The summed E-state index contributed by atoms with van der Waals surface area (Å²) in [5.41, 5.74) is 9.67. The number of benzene rings is 1. The van der Waals surface area contributed by atoms with Crippen LogP contribution >= 0.6 is 0 Å². The summed E-state index contributed by atoms with van der Waals surface area (Å²) in [4.78, 5) is 0. The molecule has 0 bridgehead atoms. The van der Waals surface area contributed by atoms with Gasteiger partial charge in [0.05, 0.1) is 11.4 Å². The zero-order valence-corrected chi connectivity index (χ0v) is 10.9. The first-order valence-corrected chi connectivity index (χ1v) is 6.31. The van der Waals surface area contributed by atoms with Crippen molar-refractivity contribution in [3.63, 3.8) is 0 Å². The van der Waals surface area contributed by atoms with Crippen molar-refractivity contribution in [3.8, 4) is 11.3 Å². The second-order valence-corrected chi connectivity index (χ2v) is 4.91. The maximum absolute atomic E-state index is 5.50. The van der Waals surface area contributed by atoms with Crippen LogP contribution in [0.4, 0.5) is 0 Å². The minimum absolute atomic E-state index is 0.431. The maximum Gasteiger partial charge on any atom is 0.0929 e. The van der Waals surface area contributed by atoms with Gasteiger partial charge in [0.25, 0.3) is 0 Å². The van der Waals surface area contributed by atoms with Crippen molar-refractivity contribution >= 4 is 0 Å². The van der Waals surface area contributed by atoms with Crippen LogP contribution in [0.3, 0.4) is 0 Å². The predicted octanol–water partition coefficient (Wildman–Crippen LogP) is 2.80. The second-order valence-electron chi connectivity index (χ2n) is 4.91. The molecule has 0 unspecified atom stereocenters. The molecule has 2 N–H and O–H groups in total. The molecule has 0 radical (unpaired) electrons. The van der Waals surface area contributed by atoms with E-state index in [-0.39, 0.29) is 0 Å². The van der Waals surface area contributed by atoms with Crippen molar-refractivity contribution in [2.45, 2.75) is 26.8 Å². The highest BCUT2D eigenvalue weighted by atomic mass is 15.1. The smallest absolute Gasteiger partial charge is 0.0929 e. The van der Waals surface area contributed by atoms with E-state index < -0.39 is 0 Å². The van der Waals surface area contributed by atoms with Crippen molar-refractivity contribution < 1.29 is 0 Å². The number of hydrogen-bond acceptors (Lipinski definition) is 3. The highest BCUT2D eigenvalue weighted by Crippen LogP contribution is 2.18. The lowest BCUT2D eigenvalue weighted by Gasteiger charge is -2.06. The lowest BCUT2D eigenvalue weighted by molar-refractivity contribution is 0.647. The van der Waals surface area contributed by atoms with E-state index >= 15 is 0 Å². The molecule has 94 valence electrons. The van der Waals surface area contributed by atoms with Crippen LogP contribution in [0.1, 0.15) is 25.1 Å². The standard InChI is InChI=1S/C15H19N3/c1-11(2)9-12-3-5-13(6-4-12)15-8-7-14(10-16)17-18-15/h3-8,11H,9-10,16H2,1-2H3. The highest BCUT2D eigenvalue weighted by Gasteiger charge is 2.02. The van der Waals surface area contributed by atoms with Crippen LogP contribution in [0.2, 0.25) is 0 Å². The van der Waals surface area contributed by atoms with Crippen molar-refractivity contribution in [1.82, 2.24) is 10.2 Å². The van der Waals surface area contributed by atoms with Gasteiger partial charge in [-0.3, -0.25) is 0 Å². The van der Waals surface area contributed by atoms with Crippen LogP contribution in [0.5, 0.6) is 0 Å². The normalized spacial score (nSPS) is 10.9. The number of rotatable bonds is 4. The molecule has 3 heteroatoms. The minimum atomic E-state index is 0.431. The Morgan fingerprint density at radius 1 is 1.00 bits per heavy atom. The molecule has 3 nitrogen and oxygen atoms in total. The molecular weight excluding hydrogens is 222 g/mol. The van der Waals surface area contributed by atoms with Crippen LogP contribution in [0.15, 0.2) is 36.4 Å². The first-order valence-electron chi connectivity index (χ1n) is 6.31. The van der Waals surface area contributed by atoms with Gasteiger partial charge in [-0.1, -0.05) is 38.1 Å². The van der Waals surface area contributed by atoms with Crippen LogP contribution in [0.25, 0.3) is 11.3 Å². The summed E-state index contributed by atoms with van der Waals surface area (Å²) in [5, 5.41) is 8.25. The maximum atomic E-state index is 5.50. The highest BCUT2D eigenvalue weighted by molar-refractivity contribution is 5.58. The third-order valence-corrected chi connectivity index (χ3v) is 2.82. The largest absolute Gasteiger partial charge is 0.325 e. The Hall–Kier alpha value is -1.74. The lowest BCUT2D eigenvalue weighted by Crippen LogP contribution is -2.01. The van der Waals surface area contributed by atoms with Gasteiger partial charge >= 0.3 is 0 Å². The summed E-state index contributed by atoms with van der Waals surface area (Å²) in [6, 6.07) is 12.4. The zero-order chi connectivity index (χ0) is 13.0. The Morgan fingerprint density at radius 3 is 2.22 bits per heavy atom. The Morgan fingerprint density at radius 2 is 1.72 bits per heavy atom. The van der Waals surface area contributed by atoms with E-state index in [9.17, 15) is 0 Å². The van der Waals surface area contributed by atoms with Gasteiger partial charge in [0.15, 0.2) is 0 Å². The van der Waals surface area contributed by atoms with Gasteiger partial charge in [0, 0.05) is 12.1 Å². The summed E-state index contributed by atoms with van der Waals surface area (Å²) in [6.07, 6.45) is 1.11. The monoisotopic (exact) mass is 241 g/mol. The SMILES string of the molecule is CC(C)Cc1ccc(-c2ccc(CN)nn2)cc1. The Balaban J connectivity index is 2.17. The van der Waals surface area contributed by atoms with Gasteiger partial charge in [-0.15, -0.1) is 0 Å². The molecule has 18 heavy (non-hydrogen) atoms. The fraction of sp³-hybridized carbons (Fsp3) is 0.333. The zero-order valence-electron chi connectivity index (χ0n) is 10.9. The van der Waals surface area contributed by atoms with E-state index in [2.05, 4.69) is 48.3 Å². The van der Waals surface area contributed by atoms with E-state index in [1.807, 2.05) is 12.1 Å². The molecule has 0 amide bonds. The average Bonchev–Trinajstić information content (AvgIpc) is 2.39. The molecule has 0 atom stereocenters. The van der Waals surface area contributed by atoms with Gasteiger partial charge in [-0.2, -0.15) is 10.2 Å². The van der Waals surface area contributed by atoms with Gasteiger partial charge < -0.3 is 5.73 Å². The molecule has 0 saturated carbocycles. The van der Waals surface area contributed by atoms with Crippen molar-refractivity contribution in [3.05, 3.63) is 47.7 Å². The molecule has 0 fully saturated rings. The van der Waals surface area contributed by atoms with Gasteiger partial charge in [-0.05, 0) is 30.0 Å². The van der Waals surface area contributed by atoms with Crippen LogP contribution in [-0.2, 0) is 13.0 Å². The van der Waals surface area contributed by atoms with Gasteiger partial charge in [-0.25, -0.2) is 0 Å². The first-order chi connectivity index (χ1) is 8.69. The second kappa shape index (κ2) is 5.74. The fourth-order valence-corrected chi connectivity index (χ4v) is 1.91. The predicted molar refractivity (Wildman–Crippen MR) is 73.9 cm³/mol. The quantitative estimate of drug-likeness (QED) is 0.895. The molecule has 0 aliphatic rings. The van der Waals surface area contributed by atoms with Crippen LogP contribution in [0, 0.1) is 5.92 Å². The van der Waals surface area contributed by atoms with E-state index in [0.29, 0.717) is 12.5 Å². The molecule has 0 spiro atoms. The van der Waals surface area contributed by atoms with Crippen LogP contribution < -0.4 is 5.73 Å². The molecule has 2 aromatic rings. The lowest BCUT2D eigenvalue weighted by atomic mass is 10.0. The number of nitrogens with zero attached hydrogens (tertiary/aromatic N) is 2. The minimum Gasteiger partial charge on any atom is -0.325 e. The molecule has 0 saturated heterocycles. The van der Waals surface area contributed by atoms with Crippen molar-refractivity contribution in [2.24, 2.45) is 11.7 Å². The first kappa shape index (κ1) is 12.7. The molecular formula is C15H19N3. The summed E-state index contributed by atoms with van der Waals surface area (Å²) in [6.45, 7) is 4.89. The Kier molecular flexibility index (Phi) is 4.05. The summed E-state index contributed by atoms with van der Waals surface area (Å²) in [7, 11) is 0. The van der Waals surface area contributed by atoms with E-state index in [0.717, 1.165) is 23.4 Å². The number of aromatic nitrogens is 2. The Labute approximate surface area is 108 Å². The molecule has 0 aliphatic carbocycles. The van der Waals surface area contributed by atoms with Gasteiger partial charge in [0.1, 0.15) is 0 Å². The molecule has 0 aliphatic heterocycles. The Bertz CT molecular complexity index is 486. The average molecular weight is 241 g/mol. The third kappa shape index (κ3) is 3.14. The molecule has 2 rings (SSSR count). The van der Waals surface area contributed by atoms with Crippen molar-refractivity contribution in [2.75, 3.05) is 0 Å². The van der Waals surface area contributed by atoms with E-state index in [4.69, 9.17) is 5.73 Å². The topological polar surface area (TPSA) is 51.8 Å². The molecule has 1 aromatic carbocycles.